The van der Waals surface area contributed by atoms with E-state index in [0.29, 0.717) is 18.0 Å². The standard InChI is InChI=1S/C20H23N3O4/c1-14(11-15-7-4-5-8-16(15)26-3)22(2)18(24)12-23-19(25)13-27-17-9-6-10-21-20(17)23/h4-10,14H,11-13H2,1-3H3. The van der Waals surface area contributed by atoms with Crippen LogP contribution in [-0.2, 0) is 16.0 Å². The summed E-state index contributed by atoms with van der Waals surface area (Å²) in [4.78, 5) is 32.2. The Kier molecular flexibility index (Phi) is 5.59. The molecule has 0 fully saturated rings. The topological polar surface area (TPSA) is 72.0 Å². The summed E-state index contributed by atoms with van der Waals surface area (Å²) in [5, 5.41) is 0. The number of rotatable bonds is 6. The maximum absolute atomic E-state index is 12.8. The highest BCUT2D eigenvalue weighted by molar-refractivity contribution is 6.01. The van der Waals surface area contributed by atoms with Crippen molar-refractivity contribution in [1.82, 2.24) is 9.88 Å². The van der Waals surface area contributed by atoms with Gasteiger partial charge in [-0.15, -0.1) is 0 Å². The van der Waals surface area contributed by atoms with Gasteiger partial charge in [0, 0.05) is 19.3 Å². The minimum Gasteiger partial charge on any atom is -0.496 e. The highest BCUT2D eigenvalue weighted by Crippen LogP contribution is 2.29. The molecular formula is C20H23N3O4. The summed E-state index contributed by atoms with van der Waals surface area (Å²) >= 11 is 0. The minimum atomic E-state index is -0.277. The van der Waals surface area contributed by atoms with Crippen LogP contribution in [0.15, 0.2) is 42.6 Å². The summed E-state index contributed by atoms with van der Waals surface area (Å²) in [6, 6.07) is 11.2. The van der Waals surface area contributed by atoms with Gasteiger partial charge < -0.3 is 14.4 Å². The third-order valence-corrected chi connectivity index (χ3v) is 4.71. The Morgan fingerprint density at radius 1 is 1.33 bits per heavy atom. The van der Waals surface area contributed by atoms with Crippen molar-refractivity contribution < 1.29 is 19.1 Å². The van der Waals surface area contributed by atoms with Crippen LogP contribution in [0.4, 0.5) is 5.82 Å². The Morgan fingerprint density at radius 3 is 2.89 bits per heavy atom. The number of para-hydroxylation sites is 1. The van der Waals surface area contributed by atoms with Crippen molar-refractivity contribution in [2.75, 3.05) is 32.2 Å². The van der Waals surface area contributed by atoms with Gasteiger partial charge in [-0.2, -0.15) is 0 Å². The number of amides is 2. The predicted molar refractivity (Wildman–Crippen MR) is 101 cm³/mol. The molecule has 7 nitrogen and oxygen atoms in total. The zero-order valence-electron chi connectivity index (χ0n) is 15.7. The number of aromatic nitrogens is 1. The molecule has 2 amide bonds. The Bertz CT molecular complexity index is 839. The first-order valence-corrected chi connectivity index (χ1v) is 8.77. The summed E-state index contributed by atoms with van der Waals surface area (Å²) in [7, 11) is 3.37. The van der Waals surface area contributed by atoms with Crippen LogP contribution in [0, 0.1) is 0 Å². The van der Waals surface area contributed by atoms with Crippen molar-refractivity contribution >= 4 is 17.6 Å². The number of anilines is 1. The summed E-state index contributed by atoms with van der Waals surface area (Å²) < 4.78 is 10.8. The van der Waals surface area contributed by atoms with Crippen LogP contribution in [0.2, 0.25) is 0 Å². The van der Waals surface area contributed by atoms with Crippen LogP contribution in [-0.4, -0.2) is 55.0 Å². The normalized spacial score (nSPS) is 14.2. The Hall–Kier alpha value is -3.09. The van der Waals surface area contributed by atoms with Crippen molar-refractivity contribution in [3.63, 3.8) is 0 Å². The van der Waals surface area contributed by atoms with Crippen LogP contribution in [0.25, 0.3) is 0 Å². The number of fused-ring (bicyclic) bond motifs is 1. The van der Waals surface area contributed by atoms with Gasteiger partial charge >= 0.3 is 0 Å². The van der Waals surface area contributed by atoms with Gasteiger partial charge in [0.25, 0.3) is 5.91 Å². The van der Waals surface area contributed by atoms with Gasteiger partial charge in [-0.05, 0) is 37.1 Å². The minimum absolute atomic E-state index is 0.0619. The molecule has 27 heavy (non-hydrogen) atoms. The number of methoxy groups -OCH3 is 1. The average molecular weight is 369 g/mol. The van der Waals surface area contributed by atoms with E-state index in [1.54, 1.807) is 37.4 Å². The van der Waals surface area contributed by atoms with E-state index in [9.17, 15) is 9.59 Å². The number of hydrogen-bond donors (Lipinski definition) is 0. The molecule has 1 atom stereocenters. The van der Waals surface area contributed by atoms with Crippen molar-refractivity contribution in [3.8, 4) is 11.5 Å². The third-order valence-electron chi connectivity index (χ3n) is 4.71. The van der Waals surface area contributed by atoms with E-state index in [0.717, 1.165) is 11.3 Å². The first-order valence-electron chi connectivity index (χ1n) is 8.77. The van der Waals surface area contributed by atoms with Gasteiger partial charge in [-0.25, -0.2) is 4.98 Å². The quantitative estimate of drug-likeness (QED) is 0.778. The molecule has 0 saturated heterocycles. The molecule has 0 saturated carbocycles. The number of ether oxygens (including phenoxy) is 2. The molecule has 0 bridgehead atoms. The van der Waals surface area contributed by atoms with Crippen molar-refractivity contribution in [1.29, 1.82) is 0 Å². The molecule has 1 aromatic heterocycles. The Morgan fingerprint density at radius 2 is 2.11 bits per heavy atom. The number of carbonyl (C=O) groups excluding carboxylic acids is 2. The fourth-order valence-electron chi connectivity index (χ4n) is 3.02. The lowest BCUT2D eigenvalue weighted by molar-refractivity contribution is -0.132. The zero-order chi connectivity index (χ0) is 19.4. The lowest BCUT2D eigenvalue weighted by atomic mass is 10.1. The first-order chi connectivity index (χ1) is 13.0. The molecule has 2 heterocycles. The van der Waals surface area contributed by atoms with Crippen molar-refractivity contribution in [2.24, 2.45) is 0 Å². The largest absolute Gasteiger partial charge is 0.496 e. The van der Waals surface area contributed by atoms with E-state index in [-0.39, 0.29) is 31.0 Å². The van der Waals surface area contributed by atoms with Gasteiger partial charge in [0.2, 0.25) is 5.91 Å². The number of benzene rings is 1. The Balaban J connectivity index is 1.69. The SMILES string of the molecule is COc1ccccc1CC(C)N(C)C(=O)CN1C(=O)COc2cccnc21. The van der Waals surface area contributed by atoms with E-state index in [2.05, 4.69) is 4.98 Å². The average Bonchev–Trinajstić information content (AvgIpc) is 2.69. The molecule has 3 rings (SSSR count). The monoisotopic (exact) mass is 369 g/mol. The predicted octanol–water partition coefficient (Wildman–Crippen LogP) is 1.91. The van der Waals surface area contributed by atoms with Gasteiger partial charge in [0.1, 0.15) is 12.3 Å². The van der Waals surface area contributed by atoms with Gasteiger partial charge in [-0.1, -0.05) is 18.2 Å². The van der Waals surface area contributed by atoms with Crippen LogP contribution >= 0.6 is 0 Å². The molecular weight excluding hydrogens is 346 g/mol. The molecule has 1 aliphatic rings. The molecule has 1 aliphatic heterocycles. The van der Waals surface area contributed by atoms with E-state index in [1.165, 1.54) is 4.90 Å². The maximum Gasteiger partial charge on any atom is 0.266 e. The number of hydrogen-bond acceptors (Lipinski definition) is 5. The second-order valence-corrected chi connectivity index (χ2v) is 6.46. The molecule has 0 radical (unpaired) electrons. The van der Waals surface area contributed by atoms with Crippen LogP contribution in [0.3, 0.4) is 0 Å². The third kappa shape index (κ3) is 4.02. The number of nitrogens with zero attached hydrogens (tertiary/aromatic N) is 3. The van der Waals surface area contributed by atoms with Gasteiger partial charge in [-0.3, -0.25) is 14.5 Å². The first kappa shape index (κ1) is 18.7. The summed E-state index contributed by atoms with van der Waals surface area (Å²) in [5.41, 5.74) is 1.03. The summed E-state index contributed by atoms with van der Waals surface area (Å²) in [6.45, 7) is 1.81. The molecule has 142 valence electrons. The molecule has 0 N–H and O–H groups in total. The number of likely N-dealkylation sites (N-methyl/N-ethyl adjacent to an activating group) is 1. The maximum atomic E-state index is 12.8. The zero-order valence-corrected chi connectivity index (χ0v) is 15.7. The van der Waals surface area contributed by atoms with E-state index < -0.39 is 0 Å². The second-order valence-electron chi connectivity index (χ2n) is 6.46. The number of carbonyl (C=O) groups is 2. The highest BCUT2D eigenvalue weighted by atomic mass is 16.5. The lowest BCUT2D eigenvalue weighted by Gasteiger charge is -2.31. The van der Waals surface area contributed by atoms with Crippen LogP contribution in [0.1, 0.15) is 12.5 Å². The Labute approximate surface area is 158 Å². The molecule has 7 heteroatoms. The van der Waals surface area contributed by atoms with Gasteiger partial charge in [0.05, 0.1) is 7.11 Å². The second kappa shape index (κ2) is 8.07. The molecule has 2 aromatic rings. The van der Waals surface area contributed by atoms with E-state index in [1.807, 2.05) is 31.2 Å². The van der Waals surface area contributed by atoms with Crippen molar-refractivity contribution in [3.05, 3.63) is 48.2 Å². The van der Waals surface area contributed by atoms with E-state index >= 15 is 0 Å². The highest BCUT2D eigenvalue weighted by Gasteiger charge is 2.30. The fourth-order valence-corrected chi connectivity index (χ4v) is 3.02. The van der Waals surface area contributed by atoms with E-state index in [4.69, 9.17) is 9.47 Å². The molecule has 1 aromatic carbocycles. The van der Waals surface area contributed by atoms with Crippen LogP contribution < -0.4 is 14.4 Å². The molecule has 1 unspecified atom stereocenters. The summed E-state index contributed by atoms with van der Waals surface area (Å²) in [6.07, 6.45) is 2.23. The lowest BCUT2D eigenvalue weighted by Crippen LogP contribution is -2.48. The smallest absolute Gasteiger partial charge is 0.266 e. The van der Waals surface area contributed by atoms with Crippen molar-refractivity contribution in [2.45, 2.75) is 19.4 Å². The van der Waals surface area contributed by atoms with Crippen LogP contribution in [0.5, 0.6) is 11.5 Å². The molecule has 0 aliphatic carbocycles. The fraction of sp³-hybridized carbons (Fsp3) is 0.350. The molecule has 0 spiro atoms. The number of pyridine rings is 1. The van der Waals surface area contributed by atoms with Gasteiger partial charge in [0.15, 0.2) is 18.2 Å². The summed E-state index contributed by atoms with van der Waals surface area (Å²) in [5.74, 6) is 1.25.